The summed E-state index contributed by atoms with van der Waals surface area (Å²) in [4.78, 5) is 11.6. The molecule has 0 aliphatic heterocycles. The zero-order valence-electron chi connectivity index (χ0n) is 12.9. The fourth-order valence-electron chi connectivity index (χ4n) is 2.76. The lowest BCUT2D eigenvalue weighted by Crippen LogP contribution is -2.52. The van der Waals surface area contributed by atoms with E-state index in [1.807, 2.05) is 11.6 Å². The van der Waals surface area contributed by atoms with Crippen LogP contribution in [0.4, 0.5) is 0 Å². The smallest absolute Gasteiger partial charge is 0.237 e. The molecule has 7 nitrogen and oxygen atoms in total. The number of tetrazole rings is 1. The van der Waals surface area contributed by atoms with Gasteiger partial charge in [-0.3, -0.25) is 4.79 Å². The van der Waals surface area contributed by atoms with E-state index in [-0.39, 0.29) is 11.2 Å². The maximum absolute atomic E-state index is 11.6. The Bertz CT molecular complexity index is 487. The minimum atomic E-state index is -0.710. The third-order valence-corrected chi connectivity index (χ3v) is 5.28. The molecule has 1 fully saturated rings. The molecular weight excluding hydrogens is 288 g/mol. The molecule has 0 radical (unpaired) electrons. The van der Waals surface area contributed by atoms with Crippen molar-refractivity contribution in [3.63, 3.8) is 0 Å². The van der Waals surface area contributed by atoms with Crippen LogP contribution >= 0.6 is 11.8 Å². The monoisotopic (exact) mass is 312 g/mol. The molecule has 118 valence electrons. The van der Waals surface area contributed by atoms with E-state index in [1.165, 1.54) is 12.8 Å². The van der Waals surface area contributed by atoms with Gasteiger partial charge in [-0.15, -0.1) is 5.10 Å². The van der Waals surface area contributed by atoms with Crippen molar-refractivity contribution in [2.75, 3.05) is 7.05 Å². The van der Waals surface area contributed by atoms with Crippen molar-refractivity contribution < 1.29 is 4.79 Å². The lowest BCUT2D eigenvalue weighted by atomic mass is 9.95. The van der Waals surface area contributed by atoms with E-state index in [9.17, 15) is 4.79 Å². The van der Waals surface area contributed by atoms with Crippen molar-refractivity contribution in [2.45, 2.75) is 67.9 Å². The Morgan fingerprint density at radius 1 is 1.57 bits per heavy atom. The summed E-state index contributed by atoms with van der Waals surface area (Å²) in [7, 11) is 1.75. The number of nitrogens with zero attached hydrogens (tertiary/aromatic N) is 4. The van der Waals surface area contributed by atoms with Crippen LogP contribution in [0.3, 0.4) is 0 Å². The third-order valence-electron chi connectivity index (χ3n) is 4.23. The van der Waals surface area contributed by atoms with Crippen molar-refractivity contribution >= 4 is 17.7 Å². The summed E-state index contributed by atoms with van der Waals surface area (Å²) in [5.41, 5.74) is 4.77. The highest BCUT2D eigenvalue weighted by Crippen LogP contribution is 2.33. The number of hydrogen-bond donors (Lipinski definition) is 2. The van der Waals surface area contributed by atoms with Crippen molar-refractivity contribution in [2.24, 2.45) is 5.73 Å². The number of primary amides is 1. The molecule has 2 unspecified atom stereocenters. The van der Waals surface area contributed by atoms with Crippen molar-refractivity contribution in [3.05, 3.63) is 0 Å². The number of carbonyl (C=O) groups excluding carboxylic acids is 1. The highest BCUT2D eigenvalue weighted by molar-refractivity contribution is 7.99. The van der Waals surface area contributed by atoms with Crippen LogP contribution in [0.5, 0.6) is 0 Å². The van der Waals surface area contributed by atoms with E-state index in [0.29, 0.717) is 12.5 Å². The number of nitrogens with one attached hydrogen (secondary N) is 1. The molecule has 2 atom stereocenters. The molecule has 21 heavy (non-hydrogen) atoms. The molecule has 0 aromatic carbocycles. The fourth-order valence-corrected chi connectivity index (χ4v) is 3.92. The topological polar surface area (TPSA) is 98.7 Å². The van der Waals surface area contributed by atoms with E-state index in [2.05, 4.69) is 27.8 Å². The molecule has 1 saturated carbocycles. The second-order valence-electron chi connectivity index (χ2n) is 5.92. The molecule has 8 heteroatoms. The number of likely N-dealkylation sites (N-methyl/N-ethyl adjacent to an activating group) is 1. The first kappa shape index (κ1) is 16.2. The Kier molecular flexibility index (Phi) is 5.21. The SMILES string of the molecule is CNC(C)(CC(C)Sc1nnnn1C1CCCC1)C(N)=O. The number of amides is 1. The Morgan fingerprint density at radius 2 is 2.24 bits per heavy atom. The number of thioether (sulfide) groups is 1. The van der Waals surface area contributed by atoms with Crippen LogP contribution in [0, 0.1) is 0 Å². The van der Waals surface area contributed by atoms with Gasteiger partial charge in [-0.05, 0) is 43.7 Å². The van der Waals surface area contributed by atoms with Crippen LogP contribution in [0.1, 0.15) is 52.0 Å². The Morgan fingerprint density at radius 3 is 2.81 bits per heavy atom. The fraction of sp³-hybridized carbons (Fsp3) is 0.846. The van der Waals surface area contributed by atoms with Crippen LogP contribution in [0.2, 0.25) is 0 Å². The minimum absolute atomic E-state index is 0.182. The van der Waals surface area contributed by atoms with Crippen LogP contribution in [0.25, 0.3) is 0 Å². The van der Waals surface area contributed by atoms with Gasteiger partial charge in [0.2, 0.25) is 11.1 Å². The molecule has 0 bridgehead atoms. The maximum Gasteiger partial charge on any atom is 0.237 e. The molecule has 2 rings (SSSR count). The normalized spacial score (nSPS) is 20.3. The van der Waals surface area contributed by atoms with Crippen LogP contribution in [-0.2, 0) is 4.79 Å². The maximum atomic E-state index is 11.6. The highest BCUT2D eigenvalue weighted by atomic mass is 32.2. The summed E-state index contributed by atoms with van der Waals surface area (Å²) in [6.45, 7) is 3.89. The second kappa shape index (κ2) is 6.74. The summed E-state index contributed by atoms with van der Waals surface area (Å²) in [6, 6.07) is 0.418. The first-order valence-corrected chi connectivity index (χ1v) is 8.27. The Labute approximate surface area is 129 Å². The molecule has 0 spiro atoms. The quantitative estimate of drug-likeness (QED) is 0.732. The predicted molar refractivity (Wildman–Crippen MR) is 81.9 cm³/mol. The lowest BCUT2D eigenvalue weighted by Gasteiger charge is -2.28. The van der Waals surface area contributed by atoms with Gasteiger partial charge in [-0.2, -0.15) is 0 Å². The van der Waals surface area contributed by atoms with E-state index in [4.69, 9.17) is 5.73 Å². The molecule has 1 aromatic rings. The van der Waals surface area contributed by atoms with Crippen LogP contribution in [0.15, 0.2) is 5.16 Å². The lowest BCUT2D eigenvalue weighted by molar-refractivity contribution is -0.123. The Balaban J connectivity index is 2.01. The van der Waals surface area contributed by atoms with Gasteiger partial charge in [0.15, 0.2) is 0 Å². The molecule has 3 N–H and O–H groups in total. The van der Waals surface area contributed by atoms with Crippen molar-refractivity contribution in [3.8, 4) is 0 Å². The van der Waals surface area contributed by atoms with E-state index < -0.39 is 5.54 Å². The number of carbonyl (C=O) groups is 1. The standard InChI is InChI=1S/C13H24N6OS/c1-9(8-13(2,15-3)11(14)20)21-12-16-17-18-19(12)10-6-4-5-7-10/h9-10,15H,4-8H2,1-3H3,(H2,14,20). The number of hydrogen-bond acceptors (Lipinski definition) is 6. The van der Waals surface area contributed by atoms with Crippen LogP contribution < -0.4 is 11.1 Å². The number of aromatic nitrogens is 4. The van der Waals surface area contributed by atoms with Gasteiger partial charge in [0.25, 0.3) is 0 Å². The summed E-state index contributed by atoms with van der Waals surface area (Å²) < 4.78 is 1.94. The van der Waals surface area contributed by atoms with Gasteiger partial charge in [-0.25, -0.2) is 4.68 Å². The summed E-state index contributed by atoms with van der Waals surface area (Å²) in [5.74, 6) is -0.340. The van der Waals surface area contributed by atoms with E-state index in [1.54, 1.807) is 18.8 Å². The first-order valence-electron chi connectivity index (χ1n) is 7.39. The molecular formula is C13H24N6OS. The molecule has 1 amide bonds. The van der Waals surface area contributed by atoms with Gasteiger partial charge < -0.3 is 11.1 Å². The summed E-state index contributed by atoms with van der Waals surface area (Å²) in [6.07, 6.45) is 5.39. The summed E-state index contributed by atoms with van der Waals surface area (Å²) in [5, 5.41) is 16.1. The first-order chi connectivity index (χ1) is 9.96. The van der Waals surface area contributed by atoms with E-state index >= 15 is 0 Å². The minimum Gasteiger partial charge on any atom is -0.368 e. The average Bonchev–Trinajstić information content (AvgIpc) is 3.08. The molecule has 0 saturated heterocycles. The number of nitrogens with two attached hydrogens (primary N) is 1. The largest absolute Gasteiger partial charge is 0.368 e. The summed E-state index contributed by atoms with van der Waals surface area (Å²) >= 11 is 1.60. The molecule has 1 aromatic heterocycles. The molecule has 1 aliphatic rings. The average molecular weight is 312 g/mol. The van der Waals surface area contributed by atoms with Crippen LogP contribution in [-0.4, -0.2) is 44.0 Å². The zero-order valence-corrected chi connectivity index (χ0v) is 13.7. The second-order valence-corrected chi connectivity index (χ2v) is 7.33. The predicted octanol–water partition coefficient (Wildman–Crippen LogP) is 1.12. The zero-order chi connectivity index (χ0) is 15.5. The molecule has 1 heterocycles. The number of rotatable bonds is 7. The van der Waals surface area contributed by atoms with Gasteiger partial charge in [-0.1, -0.05) is 31.5 Å². The van der Waals surface area contributed by atoms with E-state index in [0.717, 1.165) is 18.0 Å². The highest BCUT2D eigenvalue weighted by Gasteiger charge is 2.32. The van der Waals surface area contributed by atoms with Gasteiger partial charge in [0.1, 0.15) is 0 Å². The van der Waals surface area contributed by atoms with Gasteiger partial charge in [0, 0.05) is 5.25 Å². The van der Waals surface area contributed by atoms with Gasteiger partial charge >= 0.3 is 0 Å². The van der Waals surface area contributed by atoms with Gasteiger partial charge in [0.05, 0.1) is 11.6 Å². The molecule has 1 aliphatic carbocycles. The third kappa shape index (κ3) is 3.74. The van der Waals surface area contributed by atoms with Crippen molar-refractivity contribution in [1.82, 2.24) is 25.5 Å². The van der Waals surface area contributed by atoms with Crippen molar-refractivity contribution in [1.29, 1.82) is 0 Å². The Hall–Kier alpha value is -1.15.